The van der Waals surface area contributed by atoms with Crippen LogP contribution < -0.4 is 4.74 Å². The molecule has 2 aliphatic heterocycles. The van der Waals surface area contributed by atoms with E-state index in [9.17, 15) is 13.6 Å². The number of halogens is 2. The second-order valence-corrected chi connectivity index (χ2v) is 5.51. The fraction of sp³-hybridized carbons (Fsp3) is 0.0526. The lowest BCUT2D eigenvalue weighted by Crippen LogP contribution is -2.08. The molecular weight excluding hydrogens is 328 g/mol. The van der Waals surface area contributed by atoms with Gasteiger partial charge in [-0.25, -0.2) is 18.6 Å². The first-order valence-electron chi connectivity index (χ1n) is 7.50. The van der Waals surface area contributed by atoms with Crippen molar-refractivity contribution in [2.45, 2.75) is 0 Å². The van der Waals surface area contributed by atoms with Gasteiger partial charge in [0, 0.05) is 11.6 Å². The zero-order chi connectivity index (χ0) is 17.4. The first-order valence-corrected chi connectivity index (χ1v) is 7.50. The Labute approximate surface area is 141 Å². The van der Waals surface area contributed by atoms with Gasteiger partial charge in [-0.1, -0.05) is 18.2 Å². The fourth-order valence-corrected chi connectivity index (χ4v) is 2.58. The molecule has 4 nitrogen and oxygen atoms in total. The van der Waals surface area contributed by atoms with Crippen molar-refractivity contribution in [3.8, 4) is 5.75 Å². The summed E-state index contributed by atoms with van der Waals surface area (Å²) >= 11 is 0. The molecule has 0 saturated heterocycles. The smallest absolute Gasteiger partial charge is 0.363 e. The average molecular weight is 339 g/mol. The van der Waals surface area contributed by atoms with Crippen LogP contribution in [0.25, 0.3) is 6.08 Å². The summed E-state index contributed by atoms with van der Waals surface area (Å²) < 4.78 is 37.4. The van der Waals surface area contributed by atoms with Crippen molar-refractivity contribution in [2.75, 3.05) is 6.61 Å². The molecule has 4 rings (SSSR count). The highest BCUT2D eigenvalue weighted by atomic mass is 19.1. The van der Waals surface area contributed by atoms with Crippen LogP contribution in [0.1, 0.15) is 11.1 Å². The van der Waals surface area contributed by atoms with Gasteiger partial charge in [0.05, 0.1) is 5.56 Å². The summed E-state index contributed by atoms with van der Waals surface area (Å²) in [5, 5.41) is 0. The van der Waals surface area contributed by atoms with Crippen molar-refractivity contribution in [1.29, 1.82) is 0 Å². The highest BCUT2D eigenvalue weighted by Crippen LogP contribution is 2.28. The van der Waals surface area contributed by atoms with Gasteiger partial charge in [0.1, 0.15) is 24.0 Å². The lowest BCUT2D eigenvalue weighted by atomic mass is 10.1. The van der Waals surface area contributed by atoms with E-state index in [0.29, 0.717) is 6.07 Å². The monoisotopic (exact) mass is 339 g/mol. The highest BCUT2D eigenvalue weighted by molar-refractivity contribution is 6.11. The highest BCUT2D eigenvalue weighted by Gasteiger charge is 2.26. The Morgan fingerprint density at radius 2 is 1.96 bits per heavy atom. The van der Waals surface area contributed by atoms with Crippen molar-refractivity contribution in [1.82, 2.24) is 0 Å². The molecule has 2 aromatic rings. The molecule has 0 aliphatic carbocycles. The zero-order valence-corrected chi connectivity index (χ0v) is 12.8. The van der Waals surface area contributed by atoms with Crippen molar-refractivity contribution in [3.63, 3.8) is 0 Å². The third-order valence-corrected chi connectivity index (χ3v) is 3.76. The molecule has 0 radical (unpaired) electrons. The zero-order valence-electron chi connectivity index (χ0n) is 12.8. The minimum absolute atomic E-state index is 0.0351. The van der Waals surface area contributed by atoms with E-state index in [1.165, 1.54) is 12.1 Å². The van der Waals surface area contributed by atoms with Crippen molar-refractivity contribution >= 4 is 17.9 Å². The van der Waals surface area contributed by atoms with E-state index in [1.807, 2.05) is 30.3 Å². The van der Waals surface area contributed by atoms with E-state index >= 15 is 0 Å². The first-order chi connectivity index (χ1) is 12.1. The summed E-state index contributed by atoms with van der Waals surface area (Å²) in [5.74, 6) is -1.69. The average Bonchev–Trinajstić information content (AvgIpc) is 2.95. The number of esters is 1. The molecular formula is C19H11F2NO3. The molecule has 0 unspecified atom stereocenters. The van der Waals surface area contributed by atoms with Gasteiger partial charge < -0.3 is 9.47 Å². The normalized spacial score (nSPS) is 17.5. The topological polar surface area (TPSA) is 47.9 Å². The predicted molar refractivity (Wildman–Crippen MR) is 87.0 cm³/mol. The van der Waals surface area contributed by atoms with E-state index in [4.69, 9.17) is 9.47 Å². The van der Waals surface area contributed by atoms with Crippen LogP contribution in [0.5, 0.6) is 5.75 Å². The van der Waals surface area contributed by atoms with Gasteiger partial charge in [0.15, 0.2) is 5.70 Å². The maximum absolute atomic E-state index is 13.8. The van der Waals surface area contributed by atoms with Crippen molar-refractivity contribution in [2.24, 2.45) is 4.99 Å². The third kappa shape index (κ3) is 2.94. The number of nitrogens with zero attached hydrogens (tertiary/aromatic N) is 1. The van der Waals surface area contributed by atoms with Crippen molar-refractivity contribution in [3.05, 3.63) is 82.6 Å². The standard InChI is InChI=1S/C19H11F2NO3/c20-13-5-6-14(15(21)9-13)18-22-16(19(23)25-18)8-11-7-12-3-1-2-4-17(12)24-10-11/h1-9H,10H2/b16-8+. The Kier molecular flexibility index (Phi) is 3.65. The van der Waals surface area contributed by atoms with Gasteiger partial charge in [0.2, 0.25) is 5.90 Å². The van der Waals surface area contributed by atoms with Crippen LogP contribution in [-0.4, -0.2) is 18.5 Å². The quantitative estimate of drug-likeness (QED) is 0.620. The molecule has 0 atom stereocenters. The summed E-state index contributed by atoms with van der Waals surface area (Å²) in [6.07, 6.45) is 3.41. The third-order valence-electron chi connectivity index (χ3n) is 3.76. The number of carbonyl (C=O) groups excluding carboxylic acids is 1. The van der Waals surface area contributed by atoms with Crippen LogP contribution in [-0.2, 0) is 9.53 Å². The molecule has 2 aromatic carbocycles. The Balaban J connectivity index is 1.67. The largest absolute Gasteiger partial charge is 0.488 e. The molecule has 0 spiro atoms. The number of hydrogen-bond acceptors (Lipinski definition) is 4. The summed E-state index contributed by atoms with van der Waals surface area (Å²) in [4.78, 5) is 16.0. The molecule has 0 N–H and O–H groups in total. The van der Waals surface area contributed by atoms with Crippen LogP contribution in [0.15, 0.2) is 64.8 Å². The number of fused-ring (bicyclic) bond motifs is 1. The van der Waals surface area contributed by atoms with Gasteiger partial charge >= 0.3 is 5.97 Å². The maximum atomic E-state index is 13.8. The molecule has 2 aliphatic rings. The minimum atomic E-state index is -0.845. The minimum Gasteiger partial charge on any atom is -0.488 e. The van der Waals surface area contributed by atoms with E-state index in [0.717, 1.165) is 23.0 Å². The summed E-state index contributed by atoms with van der Waals surface area (Å²) in [5.41, 5.74) is 1.58. The van der Waals surface area contributed by atoms with E-state index < -0.39 is 17.6 Å². The Bertz CT molecular complexity index is 976. The number of rotatable bonds is 2. The number of aliphatic imine (C=N–C) groups is 1. The fourth-order valence-electron chi connectivity index (χ4n) is 2.58. The molecule has 124 valence electrons. The van der Waals surface area contributed by atoms with E-state index in [2.05, 4.69) is 4.99 Å². The molecule has 2 heterocycles. The summed E-state index contributed by atoms with van der Waals surface area (Å²) in [6.45, 7) is 0.281. The first kappa shape index (κ1) is 15.3. The van der Waals surface area contributed by atoms with Crippen molar-refractivity contribution < 1.29 is 23.0 Å². The molecule has 0 saturated carbocycles. The molecule has 6 heteroatoms. The number of cyclic esters (lactones) is 1. The lowest BCUT2D eigenvalue weighted by molar-refractivity contribution is -0.130. The van der Waals surface area contributed by atoms with Crippen LogP contribution in [0, 0.1) is 11.6 Å². The number of para-hydroxylation sites is 1. The van der Waals surface area contributed by atoms with Gasteiger partial charge in [-0.3, -0.25) is 0 Å². The molecule has 0 amide bonds. The van der Waals surface area contributed by atoms with Gasteiger partial charge in [-0.2, -0.15) is 0 Å². The van der Waals surface area contributed by atoms with Crippen LogP contribution in [0.2, 0.25) is 0 Å². The van der Waals surface area contributed by atoms with E-state index in [-0.39, 0.29) is 23.8 Å². The lowest BCUT2D eigenvalue weighted by Gasteiger charge is -2.15. The predicted octanol–water partition coefficient (Wildman–Crippen LogP) is 3.63. The molecule has 0 fully saturated rings. The maximum Gasteiger partial charge on any atom is 0.363 e. The second kappa shape index (κ2) is 5.98. The number of carbonyl (C=O) groups is 1. The number of benzene rings is 2. The summed E-state index contributed by atoms with van der Waals surface area (Å²) in [7, 11) is 0. The van der Waals surface area contributed by atoms with Gasteiger partial charge in [0.25, 0.3) is 0 Å². The Morgan fingerprint density at radius 3 is 2.80 bits per heavy atom. The van der Waals surface area contributed by atoms with Crippen LogP contribution >= 0.6 is 0 Å². The summed E-state index contributed by atoms with van der Waals surface area (Å²) in [6, 6.07) is 10.5. The van der Waals surface area contributed by atoms with E-state index in [1.54, 1.807) is 0 Å². The number of hydrogen-bond donors (Lipinski definition) is 0. The van der Waals surface area contributed by atoms with Crippen LogP contribution in [0.3, 0.4) is 0 Å². The SMILES string of the molecule is O=C1OC(c2ccc(F)cc2F)=N/C1=C/C1=Cc2ccccc2OC1. The number of ether oxygens (including phenoxy) is 2. The Hall–Kier alpha value is -3.28. The Morgan fingerprint density at radius 1 is 1.12 bits per heavy atom. The van der Waals surface area contributed by atoms with Crippen LogP contribution in [0.4, 0.5) is 8.78 Å². The molecule has 25 heavy (non-hydrogen) atoms. The molecule has 0 aromatic heterocycles. The van der Waals surface area contributed by atoms with Gasteiger partial charge in [-0.15, -0.1) is 0 Å². The molecule has 0 bridgehead atoms. The van der Waals surface area contributed by atoms with Gasteiger partial charge in [-0.05, 0) is 35.9 Å². The second-order valence-electron chi connectivity index (χ2n) is 5.51.